The van der Waals surface area contributed by atoms with Gasteiger partial charge in [-0.15, -0.1) is 0 Å². The lowest BCUT2D eigenvalue weighted by Gasteiger charge is -2.41. The molecule has 1 saturated heterocycles. The highest BCUT2D eigenvalue weighted by molar-refractivity contribution is 7.89. The number of hydrogen-bond acceptors (Lipinski definition) is 5. The standard InChI is InChI=1S/C15H28N2O4S/c1-11(16)13-8-5-6-10-17(13)22(19,20)14-9-4-3-7-12(14)15(18)21-2/h11-14H,3-10,16H2,1-2H3. The largest absolute Gasteiger partial charge is 0.469 e. The highest BCUT2D eigenvalue weighted by Gasteiger charge is 2.45. The quantitative estimate of drug-likeness (QED) is 0.783. The van der Waals surface area contributed by atoms with Gasteiger partial charge in [0.05, 0.1) is 18.3 Å². The molecule has 0 amide bonds. The molecule has 1 saturated carbocycles. The molecule has 0 aromatic rings. The molecule has 0 aromatic carbocycles. The molecule has 2 fully saturated rings. The van der Waals surface area contributed by atoms with Gasteiger partial charge in [-0.25, -0.2) is 8.42 Å². The minimum atomic E-state index is -3.53. The zero-order valence-electron chi connectivity index (χ0n) is 13.5. The van der Waals surface area contributed by atoms with Crippen molar-refractivity contribution in [1.29, 1.82) is 0 Å². The SMILES string of the molecule is COC(=O)C1CCCCC1S(=O)(=O)N1CCCCC1C(C)N. The molecule has 0 radical (unpaired) electrons. The number of sulfonamides is 1. The lowest BCUT2D eigenvalue weighted by atomic mass is 9.89. The van der Waals surface area contributed by atoms with Crippen molar-refractivity contribution in [3.63, 3.8) is 0 Å². The minimum Gasteiger partial charge on any atom is -0.469 e. The van der Waals surface area contributed by atoms with Crippen LogP contribution in [0.15, 0.2) is 0 Å². The monoisotopic (exact) mass is 332 g/mol. The van der Waals surface area contributed by atoms with E-state index >= 15 is 0 Å². The predicted molar refractivity (Wildman–Crippen MR) is 84.7 cm³/mol. The van der Waals surface area contributed by atoms with E-state index in [1.54, 1.807) is 4.31 Å². The van der Waals surface area contributed by atoms with E-state index in [2.05, 4.69) is 0 Å². The maximum Gasteiger partial charge on any atom is 0.310 e. The van der Waals surface area contributed by atoms with Crippen molar-refractivity contribution in [2.45, 2.75) is 69.2 Å². The van der Waals surface area contributed by atoms with Gasteiger partial charge in [-0.05, 0) is 32.6 Å². The Labute approximate surface area is 133 Å². The molecule has 7 heteroatoms. The first-order valence-corrected chi connectivity index (χ1v) is 9.74. The zero-order chi connectivity index (χ0) is 16.3. The van der Waals surface area contributed by atoms with Crippen LogP contribution in [-0.4, -0.2) is 49.7 Å². The number of methoxy groups -OCH3 is 1. The van der Waals surface area contributed by atoms with E-state index in [4.69, 9.17) is 10.5 Å². The summed E-state index contributed by atoms with van der Waals surface area (Å²) in [5.74, 6) is -0.943. The van der Waals surface area contributed by atoms with Crippen LogP contribution >= 0.6 is 0 Å². The lowest BCUT2D eigenvalue weighted by molar-refractivity contribution is -0.146. The Morgan fingerprint density at radius 2 is 1.82 bits per heavy atom. The third kappa shape index (κ3) is 3.46. The molecule has 0 spiro atoms. The number of nitrogens with two attached hydrogens (primary N) is 1. The summed E-state index contributed by atoms with van der Waals surface area (Å²) >= 11 is 0. The zero-order valence-corrected chi connectivity index (χ0v) is 14.3. The molecule has 4 unspecified atom stereocenters. The highest BCUT2D eigenvalue weighted by Crippen LogP contribution is 2.35. The summed E-state index contributed by atoms with van der Waals surface area (Å²) in [6.07, 6.45) is 5.50. The van der Waals surface area contributed by atoms with Crippen molar-refractivity contribution >= 4 is 16.0 Å². The Balaban J connectivity index is 2.28. The van der Waals surface area contributed by atoms with Gasteiger partial charge in [0.2, 0.25) is 10.0 Å². The minimum absolute atomic E-state index is 0.154. The number of carbonyl (C=O) groups is 1. The topological polar surface area (TPSA) is 89.7 Å². The molecule has 1 aliphatic heterocycles. The van der Waals surface area contributed by atoms with Gasteiger partial charge in [-0.2, -0.15) is 4.31 Å². The first kappa shape index (κ1) is 17.7. The van der Waals surface area contributed by atoms with Crippen LogP contribution in [0.4, 0.5) is 0 Å². The molecule has 2 aliphatic rings. The highest BCUT2D eigenvalue weighted by atomic mass is 32.2. The van der Waals surface area contributed by atoms with Gasteiger partial charge in [-0.3, -0.25) is 4.79 Å². The first-order chi connectivity index (χ1) is 10.4. The third-order valence-corrected chi connectivity index (χ3v) is 7.46. The summed E-state index contributed by atoms with van der Waals surface area (Å²) in [5, 5.41) is -0.659. The summed E-state index contributed by atoms with van der Waals surface area (Å²) in [6, 6.07) is -0.353. The van der Waals surface area contributed by atoms with Gasteiger partial charge < -0.3 is 10.5 Å². The van der Waals surface area contributed by atoms with Crippen LogP contribution < -0.4 is 5.73 Å². The molecule has 0 bridgehead atoms. The molecule has 1 heterocycles. The van der Waals surface area contributed by atoms with Crippen molar-refractivity contribution in [1.82, 2.24) is 4.31 Å². The molecule has 128 valence electrons. The maximum absolute atomic E-state index is 13.1. The van der Waals surface area contributed by atoms with Crippen LogP contribution in [-0.2, 0) is 19.6 Å². The van der Waals surface area contributed by atoms with E-state index in [0.29, 0.717) is 19.4 Å². The second-order valence-corrected chi connectivity index (χ2v) is 8.63. The Hall–Kier alpha value is -0.660. The normalized spacial score (nSPS) is 32.4. The maximum atomic E-state index is 13.1. The van der Waals surface area contributed by atoms with Gasteiger partial charge in [0.15, 0.2) is 0 Å². The molecule has 6 nitrogen and oxygen atoms in total. The number of rotatable bonds is 4. The van der Waals surface area contributed by atoms with Gasteiger partial charge in [-0.1, -0.05) is 19.3 Å². The second kappa shape index (κ2) is 7.27. The summed E-state index contributed by atoms with van der Waals surface area (Å²) in [4.78, 5) is 12.0. The number of ether oxygens (including phenoxy) is 1. The number of hydrogen-bond donors (Lipinski definition) is 1. The molecule has 0 aromatic heterocycles. The lowest BCUT2D eigenvalue weighted by Crippen LogP contribution is -2.56. The molecule has 2 N–H and O–H groups in total. The van der Waals surface area contributed by atoms with Crippen LogP contribution in [0.2, 0.25) is 0 Å². The van der Waals surface area contributed by atoms with Crippen molar-refractivity contribution in [3.05, 3.63) is 0 Å². The molecule has 1 aliphatic carbocycles. The van der Waals surface area contributed by atoms with Crippen molar-refractivity contribution < 1.29 is 17.9 Å². The molecular weight excluding hydrogens is 304 g/mol. The fourth-order valence-electron chi connectivity index (χ4n) is 3.82. The number of nitrogens with zero attached hydrogens (tertiary/aromatic N) is 1. The molecule has 2 rings (SSSR count). The van der Waals surface area contributed by atoms with E-state index in [1.807, 2.05) is 6.92 Å². The molecule has 4 atom stereocenters. The third-order valence-electron chi connectivity index (χ3n) is 5.02. The van der Waals surface area contributed by atoms with E-state index in [0.717, 1.165) is 32.1 Å². The molecule has 22 heavy (non-hydrogen) atoms. The summed E-state index contributed by atoms with van der Waals surface area (Å²) in [7, 11) is -2.21. The Morgan fingerprint density at radius 3 is 2.45 bits per heavy atom. The van der Waals surface area contributed by atoms with Gasteiger partial charge in [0.25, 0.3) is 0 Å². The Kier molecular flexibility index (Phi) is 5.85. The summed E-state index contributed by atoms with van der Waals surface area (Å²) in [5.41, 5.74) is 6.01. The fourth-order valence-corrected chi connectivity index (χ4v) is 6.35. The van der Waals surface area contributed by atoms with Crippen molar-refractivity contribution in [2.75, 3.05) is 13.7 Å². The summed E-state index contributed by atoms with van der Waals surface area (Å²) < 4.78 is 32.7. The van der Waals surface area contributed by atoms with E-state index in [-0.39, 0.29) is 12.1 Å². The average molecular weight is 332 g/mol. The number of carbonyl (C=O) groups excluding carboxylic acids is 1. The van der Waals surface area contributed by atoms with Crippen LogP contribution in [0, 0.1) is 5.92 Å². The van der Waals surface area contributed by atoms with Crippen LogP contribution in [0.1, 0.15) is 51.9 Å². The van der Waals surface area contributed by atoms with Crippen LogP contribution in [0.5, 0.6) is 0 Å². The second-order valence-electron chi connectivity index (χ2n) is 6.53. The van der Waals surface area contributed by atoms with Crippen LogP contribution in [0.25, 0.3) is 0 Å². The first-order valence-electron chi connectivity index (χ1n) is 8.23. The average Bonchev–Trinajstić information content (AvgIpc) is 2.54. The smallest absolute Gasteiger partial charge is 0.310 e. The molecular formula is C15H28N2O4S. The van der Waals surface area contributed by atoms with Gasteiger partial charge in [0.1, 0.15) is 0 Å². The van der Waals surface area contributed by atoms with Gasteiger partial charge >= 0.3 is 5.97 Å². The van der Waals surface area contributed by atoms with Crippen LogP contribution in [0.3, 0.4) is 0 Å². The Morgan fingerprint density at radius 1 is 1.18 bits per heavy atom. The van der Waals surface area contributed by atoms with Gasteiger partial charge in [0, 0.05) is 18.6 Å². The van der Waals surface area contributed by atoms with E-state index in [1.165, 1.54) is 7.11 Å². The van der Waals surface area contributed by atoms with Crippen molar-refractivity contribution in [2.24, 2.45) is 11.7 Å². The fraction of sp³-hybridized carbons (Fsp3) is 0.933. The predicted octanol–water partition coefficient (Wildman–Crippen LogP) is 1.25. The number of esters is 1. The summed E-state index contributed by atoms with van der Waals surface area (Å²) in [6.45, 7) is 2.37. The number of piperidine rings is 1. The van der Waals surface area contributed by atoms with Crippen molar-refractivity contribution in [3.8, 4) is 0 Å². The Bertz CT molecular complexity index is 492. The van der Waals surface area contributed by atoms with E-state index < -0.39 is 27.2 Å². The van der Waals surface area contributed by atoms with E-state index in [9.17, 15) is 13.2 Å².